The number of halogens is 1. The van der Waals surface area contributed by atoms with E-state index >= 15 is 0 Å². The van der Waals surface area contributed by atoms with Gasteiger partial charge in [-0.25, -0.2) is 4.90 Å². The lowest BCUT2D eigenvalue weighted by Gasteiger charge is -2.33. The molecular weight excluding hydrogens is 464 g/mol. The van der Waals surface area contributed by atoms with Gasteiger partial charge in [-0.3, -0.25) is 19.4 Å². The van der Waals surface area contributed by atoms with Crippen LogP contribution >= 0.6 is 11.6 Å². The van der Waals surface area contributed by atoms with Gasteiger partial charge in [-0.05, 0) is 54.4 Å². The number of nitrogens with zero attached hydrogens (tertiary/aromatic N) is 3. The Morgan fingerprint density at radius 2 is 1.60 bits per heavy atom. The van der Waals surface area contributed by atoms with Crippen LogP contribution in [-0.2, 0) is 14.4 Å². The van der Waals surface area contributed by atoms with Crippen molar-refractivity contribution in [3.05, 3.63) is 94.5 Å². The Kier molecular flexibility index (Phi) is 4.96. The van der Waals surface area contributed by atoms with Gasteiger partial charge in [0.25, 0.3) is 0 Å². The molecule has 3 heterocycles. The van der Waals surface area contributed by atoms with Crippen LogP contribution in [0.4, 0.5) is 11.4 Å². The number of hydrogen-bond donors (Lipinski definition) is 1. The Bertz CT molecular complexity index is 1390. The average molecular weight is 485 g/mol. The summed E-state index contributed by atoms with van der Waals surface area (Å²) in [5, 5.41) is 9.62. The van der Waals surface area contributed by atoms with E-state index in [0.29, 0.717) is 16.4 Å². The lowest BCUT2D eigenvalue weighted by molar-refractivity contribution is -0.129. The number of rotatable bonds is 3. The highest BCUT2D eigenvalue weighted by atomic mass is 35.5. The first-order chi connectivity index (χ1) is 16.9. The first-order valence-electron chi connectivity index (χ1n) is 11.4. The maximum atomic E-state index is 13.8. The summed E-state index contributed by atoms with van der Waals surface area (Å²) in [7, 11) is 0. The van der Waals surface area contributed by atoms with Crippen molar-refractivity contribution in [2.45, 2.75) is 19.0 Å². The predicted molar refractivity (Wildman–Crippen MR) is 133 cm³/mol. The number of fused-ring (bicyclic) bond motifs is 5. The van der Waals surface area contributed by atoms with Crippen molar-refractivity contribution in [1.29, 1.82) is 0 Å². The van der Waals surface area contributed by atoms with Crippen LogP contribution in [0.15, 0.2) is 77.9 Å². The Labute approximate surface area is 207 Å². The zero-order chi connectivity index (χ0) is 24.3. The number of benzene rings is 3. The molecule has 0 spiro atoms. The van der Waals surface area contributed by atoms with Crippen molar-refractivity contribution >= 4 is 46.9 Å². The Hall–Kier alpha value is -3.97. The zero-order valence-electron chi connectivity index (χ0n) is 18.8. The van der Waals surface area contributed by atoms with Crippen LogP contribution in [0.25, 0.3) is 0 Å². The minimum atomic E-state index is -0.947. The molecule has 6 rings (SSSR count). The van der Waals surface area contributed by atoms with Gasteiger partial charge in [-0.1, -0.05) is 53.6 Å². The third kappa shape index (κ3) is 3.34. The molecule has 1 N–H and O–H groups in total. The minimum Gasteiger partial charge on any atom is -0.324 e. The van der Waals surface area contributed by atoms with Gasteiger partial charge in [-0.15, -0.1) is 0 Å². The predicted octanol–water partition coefficient (Wildman–Crippen LogP) is 4.17. The summed E-state index contributed by atoms with van der Waals surface area (Å²) < 4.78 is 0. The molecule has 0 radical (unpaired) electrons. The maximum absolute atomic E-state index is 13.8. The van der Waals surface area contributed by atoms with E-state index in [-0.39, 0.29) is 11.8 Å². The van der Waals surface area contributed by atoms with Crippen LogP contribution in [0.1, 0.15) is 22.7 Å². The lowest BCUT2D eigenvalue weighted by Crippen LogP contribution is -2.46. The molecule has 3 aliphatic heterocycles. The van der Waals surface area contributed by atoms with Gasteiger partial charge < -0.3 is 5.32 Å². The molecule has 35 heavy (non-hydrogen) atoms. The van der Waals surface area contributed by atoms with Gasteiger partial charge in [-0.2, -0.15) is 5.10 Å². The van der Waals surface area contributed by atoms with Gasteiger partial charge >= 0.3 is 0 Å². The molecule has 4 atom stereocenters. The zero-order valence-corrected chi connectivity index (χ0v) is 19.5. The minimum absolute atomic E-state index is 0.312. The number of aryl methyl sites for hydroxylation is 1. The molecule has 3 amide bonds. The quantitative estimate of drug-likeness (QED) is 0.566. The second-order valence-electron chi connectivity index (χ2n) is 9.04. The molecular formula is C27H21ClN4O3. The van der Waals surface area contributed by atoms with Crippen LogP contribution in [0.5, 0.6) is 0 Å². The van der Waals surface area contributed by atoms with Crippen molar-refractivity contribution in [1.82, 2.24) is 5.01 Å². The number of hydrogen-bond acceptors (Lipinski definition) is 5. The monoisotopic (exact) mass is 484 g/mol. The summed E-state index contributed by atoms with van der Waals surface area (Å²) in [6, 6.07) is 20.2. The highest BCUT2D eigenvalue weighted by molar-refractivity contribution is 6.30. The highest BCUT2D eigenvalue weighted by Crippen LogP contribution is 2.52. The molecule has 0 saturated carbocycles. The number of hydrazone groups is 1. The van der Waals surface area contributed by atoms with Crippen molar-refractivity contribution in [2.75, 3.05) is 10.2 Å². The first-order valence-corrected chi connectivity index (χ1v) is 11.7. The van der Waals surface area contributed by atoms with E-state index in [1.807, 2.05) is 43.3 Å². The highest BCUT2D eigenvalue weighted by Gasteiger charge is 2.65. The standard InChI is InChI=1S/C27H21ClN4O3/c1-15-6-12-19(13-7-15)31-26(34)21-22(27(31)35)24(25(33)30-18-10-8-17(28)9-11-18)32-23(21)20-5-3-2-4-16(20)14-29-32/h2-14,21-24H,1H3,(H,30,33)/t21-,22+,23-,24-/m1/s1. The fourth-order valence-electron chi connectivity index (χ4n) is 5.37. The van der Waals surface area contributed by atoms with Crippen LogP contribution in [-0.4, -0.2) is 35.0 Å². The fraction of sp³-hybridized carbons (Fsp3) is 0.185. The van der Waals surface area contributed by atoms with E-state index in [2.05, 4.69) is 10.4 Å². The second kappa shape index (κ2) is 8.06. The van der Waals surface area contributed by atoms with Crippen molar-refractivity contribution in [3.8, 4) is 0 Å². The number of carbonyl (C=O) groups is 3. The van der Waals surface area contributed by atoms with Crippen molar-refractivity contribution < 1.29 is 14.4 Å². The molecule has 174 valence electrons. The fourth-order valence-corrected chi connectivity index (χ4v) is 5.49. The van der Waals surface area contributed by atoms with Crippen LogP contribution < -0.4 is 10.2 Å². The summed E-state index contributed by atoms with van der Waals surface area (Å²) in [6.45, 7) is 1.94. The van der Waals surface area contributed by atoms with Gasteiger partial charge in [0.2, 0.25) is 17.7 Å². The Morgan fingerprint density at radius 1 is 0.914 bits per heavy atom. The number of nitrogens with one attached hydrogen (secondary N) is 1. The third-order valence-electron chi connectivity index (χ3n) is 6.97. The molecule has 2 saturated heterocycles. The third-order valence-corrected chi connectivity index (χ3v) is 7.22. The van der Waals surface area contributed by atoms with Gasteiger partial charge in [0.15, 0.2) is 0 Å². The van der Waals surface area contributed by atoms with E-state index in [9.17, 15) is 14.4 Å². The van der Waals surface area contributed by atoms with Gasteiger partial charge in [0, 0.05) is 10.7 Å². The number of carbonyl (C=O) groups excluding carboxylic acids is 3. The molecule has 0 aliphatic carbocycles. The molecule has 2 fully saturated rings. The maximum Gasteiger partial charge on any atom is 0.249 e. The molecule has 0 aromatic heterocycles. The van der Waals surface area contributed by atoms with E-state index in [4.69, 9.17) is 11.6 Å². The first kappa shape index (κ1) is 21.6. The van der Waals surface area contributed by atoms with Crippen LogP contribution in [0, 0.1) is 18.8 Å². The second-order valence-corrected chi connectivity index (χ2v) is 9.47. The Morgan fingerprint density at radius 3 is 2.34 bits per heavy atom. The molecule has 7 nitrogen and oxygen atoms in total. The van der Waals surface area contributed by atoms with Crippen molar-refractivity contribution in [3.63, 3.8) is 0 Å². The molecule has 3 aromatic rings. The van der Waals surface area contributed by atoms with E-state index in [1.165, 1.54) is 4.90 Å². The van der Waals surface area contributed by atoms with Crippen molar-refractivity contribution in [2.24, 2.45) is 16.9 Å². The number of amides is 3. The van der Waals surface area contributed by atoms with Gasteiger partial charge in [0.1, 0.15) is 6.04 Å². The SMILES string of the molecule is Cc1ccc(N2C(=O)[C@@H]3[C@H](C2=O)[C@H](C(=O)Nc2ccc(Cl)cc2)N2N=Cc4ccccc4[C@H]32)cc1. The summed E-state index contributed by atoms with van der Waals surface area (Å²) in [5.74, 6) is -2.70. The topological polar surface area (TPSA) is 82.1 Å². The van der Waals surface area contributed by atoms with E-state index in [0.717, 1.165) is 16.7 Å². The summed E-state index contributed by atoms with van der Waals surface area (Å²) in [4.78, 5) is 42.4. The molecule has 8 heteroatoms. The lowest BCUT2D eigenvalue weighted by atomic mass is 9.85. The summed E-state index contributed by atoms with van der Waals surface area (Å²) >= 11 is 5.98. The van der Waals surface area contributed by atoms with Gasteiger partial charge in [0.05, 0.1) is 29.8 Å². The molecule has 3 aliphatic rings. The van der Waals surface area contributed by atoms with Crippen LogP contribution in [0.3, 0.4) is 0 Å². The summed E-state index contributed by atoms with van der Waals surface area (Å²) in [5.41, 5.74) is 3.84. The smallest absolute Gasteiger partial charge is 0.249 e. The average Bonchev–Trinajstić information content (AvgIpc) is 3.34. The number of imide groups is 1. The van der Waals surface area contributed by atoms with Crippen LogP contribution in [0.2, 0.25) is 5.02 Å². The molecule has 3 aromatic carbocycles. The van der Waals surface area contributed by atoms with E-state index < -0.39 is 29.8 Å². The molecule has 0 bridgehead atoms. The summed E-state index contributed by atoms with van der Waals surface area (Å²) in [6.07, 6.45) is 1.68. The van der Waals surface area contributed by atoms with E-state index in [1.54, 1.807) is 47.6 Å². The Balaban J connectivity index is 1.43. The number of anilines is 2. The largest absolute Gasteiger partial charge is 0.324 e. The molecule has 0 unspecified atom stereocenters. The normalized spacial score (nSPS) is 24.3.